The molecule has 2 aliphatic heterocycles. The van der Waals surface area contributed by atoms with Crippen molar-refractivity contribution in [3.05, 3.63) is 0 Å². The zero-order valence-electron chi connectivity index (χ0n) is 16.2. The van der Waals surface area contributed by atoms with Crippen LogP contribution in [0.4, 0.5) is 0 Å². The number of rotatable bonds is 2. The van der Waals surface area contributed by atoms with Gasteiger partial charge in [0, 0.05) is 12.2 Å². The summed E-state index contributed by atoms with van der Waals surface area (Å²) in [7, 11) is -3.24. The zero-order valence-corrected chi connectivity index (χ0v) is 18.2. The van der Waals surface area contributed by atoms with Crippen LogP contribution >= 0.6 is 0 Å². The third kappa shape index (κ3) is 7.01. The van der Waals surface area contributed by atoms with Gasteiger partial charge in [-0.15, -0.1) is 0 Å². The first-order valence-corrected chi connectivity index (χ1v) is 15.9. The van der Waals surface area contributed by atoms with Crippen molar-refractivity contribution >= 4 is 16.6 Å². The first kappa shape index (κ1) is 19.7. The van der Waals surface area contributed by atoms with Gasteiger partial charge in [-0.2, -0.15) is 0 Å². The molecule has 0 aromatic heterocycles. The minimum atomic E-state index is -1.62. The molecule has 0 N–H and O–H groups in total. The van der Waals surface area contributed by atoms with Gasteiger partial charge in [-0.05, 0) is 57.5 Å². The average Bonchev–Trinajstić information content (AvgIpc) is 2.57. The van der Waals surface area contributed by atoms with Crippen LogP contribution in [0.3, 0.4) is 0 Å². The summed E-state index contributed by atoms with van der Waals surface area (Å²) >= 11 is 0. The Kier molecular flexibility index (Phi) is 7.84. The third-order valence-corrected chi connectivity index (χ3v) is 16.6. The van der Waals surface area contributed by atoms with Gasteiger partial charge in [-0.25, -0.2) is 0 Å². The molecule has 4 atom stereocenters. The Bertz CT molecular complexity index is 320. The van der Waals surface area contributed by atoms with Gasteiger partial charge in [0.1, 0.15) is 0 Å². The molecular weight excluding hydrogens is 316 g/mol. The SMILES string of the molecule is CC1CCCCCC[Si](C)(C[Si]2(C)CCCCCCC(C)O2)O1. The summed E-state index contributed by atoms with van der Waals surface area (Å²) in [6.45, 7) is 9.67. The predicted octanol–water partition coefficient (Wildman–Crippen LogP) is 6.41. The van der Waals surface area contributed by atoms with Crippen LogP contribution in [0.1, 0.15) is 78.1 Å². The first-order chi connectivity index (χ1) is 10.9. The molecular formula is C19H40O2Si2. The van der Waals surface area contributed by atoms with E-state index in [-0.39, 0.29) is 0 Å². The lowest BCUT2D eigenvalue weighted by Gasteiger charge is -2.39. The lowest BCUT2D eigenvalue weighted by Crippen LogP contribution is -2.50. The second kappa shape index (κ2) is 9.16. The molecule has 136 valence electrons. The van der Waals surface area contributed by atoms with Crippen molar-refractivity contribution in [3.63, 3.8) is 0 Å². The summed E-state index contributed by atoms with van der Waals surface area (Å²) in [5.74, 6) is 0. The normalized spacial score (nSPS) is 41.7. The van der Waals surface area contributed by atoms with Gasteiger partial charge in [0.25, 0.3) is 0 Å². The highest BCUT2D eigenvalue weighted by Crippen LogP contribution is 2.35. The molecule has 2 nitrogen and oxygen atoms in total. The molecule has 4 heteroatoms. The van der Waals surface area contributed by atoms with E-state index in [1.165, 1.54) is 82.0 Å². The number of hydrogen-bond acceptors (Lipinski definition) is 2. The number of hydrogen-bond donors (Lipinski definition) is 0. The van der Waals surface area contributed by atoms with Crippen molar-refractivity contribution in [2.24, 2.45) is 0 Å². The average molecular weight is 357 g/mol. The zero-order chi connectivity index (χ0) is 16.8. The van der Waals surface area contributed by atoms with Crippen LogP contribution < -0.4 is 0 Å². The Hall–Kier alpha value is 0.354. The molecule has 2 heterocycles. The van der Waals surface area contributed by atoms with E-state index in [0.717, 1.165) is 0 Å². The smallest absolute Gasteiger partial charge is 0.189 e. The summed E-state index contributed by atoms with van der Waals surface area (Å²) in [6.07, 6.45) is 14.6. The topological polar surface area (TPSA) is 18.5 Å². The summed E-state index contributed by atoms with van der Waals surface area (Å²) in [6, 6.07) is 2.72. The first-order valence-electron chi connectivity index (χ1n) is 10.3. The van der Waals surface area contributed by atoms with Crippen LogP contribution in [0.5, 0.6) is 0 Å². The van der Waals surface area contributed by atoms with Crippen molar-refractivity contribution in [2.75, 3.05) is 0 Å². The van der Waals surface area contributed by atoms with Crippen LogP contribution in [-0.4, -0.2) is 28.8 Å². The minimum absolute atomic E-state index is 0.469. The molecule has 0 amide bonds. The molecule has 2 aliphatic rings. The molecule has 2 rings (SSSR count). The summed E-state index contributed by atoms with van der Waals surface area (Å²) in [5.41, 5.74) is 1.33. The van der Waals surface area contributed by atoms with E-state index in [0.29, 0.717) is 12.2 Å². The Labute approximate surface area is 147 Å². The Morgan fingerprint density at radius 3 is 1.48 bits per heavy atom. The van der Waals surface area contributed by atoms with Crippen molar-refractivity contribution in [2.45, 2.75) is 121 Å². The second-order valence-electron chi connectivity index (χ2n) is 8.84. The van der Waals surface area contributed by atoms with Crippen molar-refractivity contribution in [1.29, 1.82) is 0 Å². The maximum Gasteiger partial charge on any atom is 0.189 e. The summed E-state index contributed by atoms with van der Waals surface area (Å²) < 4.78 is 13.5. The van der Waals surface area contributed by atoms with Crippen molar-refractivity contribution in [3.8, 4) is 0 Å². The molecule has 0 aromatic carbocycles. The fourth-order valence-electron chi connectivity index (χ4n) is 4.83. The molecule has 0 aliphatic carbocycles. The summed E-state index contributed by atoms with van der Waals surface area (Å²) in [5, 5.41) is 0. The molecule has 0 aromatic rings. The molecule has 2 fully saturated rings. The minimum Gasteiger partial charge on any atom is -0.415 e. The largest absolute Gasteiger partial charge is 0.415 e. The van der Waals surface area contributed by atoms with E-state index in [4.69, 9.17) is 8.85 Å². The molecule has 0 spiro atoms. The van der Waals surface area contributed by atoms with Crippen LogP contribution in [0, 0.1) is 0 Å². The fraction of sp³-hybridized carbons (Fsp3) is 1.00. The Morgan fingerprint density at radius 1 is 0.652 bits per heavy atom. The van der Waals surface area contributed by atoms with Crippen LogP contribution in [0.15, 0.2) is 0 Å². The molecule has 23 heavy (non-hydrogen) atoms. The van der Waals surface area contributed by atoms with Gasteiger partial charge in [0.2, 0.25) is 0 Å². The van der Waals surface area contributed by atoms with E-state index in [1.54, 1.807) is 0 Å². The van der Waals surface area contributed by atoms with Gasteiger partial charge in [-0.1, -0.05) is 51.4 Å². The van der Waals surface area contributed by atoms with E-state index < -0.39 is 16.6 Å². The van der Waals surface area contributed by atoms with Gasteiger partial charge in [0.05, 0.1) is 0 Å². The molecule has 0 saturated carbocycles. The second-order valence-corrected chi connectivity index (χ2v) is 17.5. The van der Waals surface area contributed by atoms with E-state index in [9.17, 15) is 0 Å². The lowest BCUT2D eigenvalue weighted by atomic mass is 10.1. The van der Waals surface area contributed by atoms with Crippen LogP contribution in [0.25, 0.3) is 0 Å². The van der Waals surface area contributed by atoms with Gasteiger partial charge >= 0.3 is 0 Å². The third-order valence-electron chi connectivity index (χ3n) is 5.85. The molecule has 4 unspecified atom stereocenters. The monoisotopic (exact) mass is 356 g/mol. The van der Waals surface area contributed by atoms with Gasteiger partial charge in [-0.3, -0.25) is 0 Å². The van der Waals surface area contributed by atoms with E-state index >= 15 is 0 Å². The Balaban J connectivity index is 2.06. The molecule has 0 radical (unpaired) electrons. The van der Waals surface area contributed by atoms with Crippen molar-refractivity contribution in [1.82, 2.24) is 0 Å². The maximum absolute atomic E-state index is 6.76. The quantitative estimate of drug-likeness (QED) is 0.532. The predicted molar refractivity (Wildman–Crippen MR) is 105 cm³/mol. The standard InChI is InChI=1S/C19H40O2Si2/c1-18-13-9-5-7-11-15-22(3,20-18)17-23(4)16-12-8-6-10-14-19(2)21-23/h18-19H,5-17H2,1-4H3. The van der Waals surface area contributed by atoms with E-state index in [1.807, 2.05) is 0 Å². The van der Waals surface area contributed by atoms with Crippen molar-refractivity contribution < 1.29 is 8.85 Å². The highest BCUT2D eigenvalue weighted by atomic mass is 28.4. The van der Waals surface area contributed by atoms with Gasteiger partial charge in [0.15, 0.2) is 16.6 Å². The Morgan fingerprint density at radius 2 is 1.04 bits per heavy atom. The molecule has 2 saturated heterocycles. The lowest BCUT2D eigenvalue weighted by molar-refractivity contribution is 0.186. The van der Waals surface area contributed by atoms with Crippen LogP contribution in [0.2, 0.25) is 30.8 Å². The fourth-order valence-corrected chi connectivity index (χ4v) is 17.6. The summed E-state index contributed by atoms with van der Waals surface area (Å²) in [4.78, 5) is 0. The highest BCUT2D eigenvalue weighted by molar-refractivity contribution is 6.90. The highest BCUT2D eigenvalue weighted by Gasteiger charge is 2.43. The molecule has 0 bridgehead atoms. The maximum atomic E-state index is 6.76. The van der Waals surface area contributed by atoms with E-state index in [2.05, 4.69) is 26.9 Å². The van der Waals surface area contributed by atoms with Crippen LogP contribution in [-0.2, 0) is 8.85 Å². The van der Waals surface area contributed by atoms with Gasteiger partial charge < -0.3 is 8.85 Å².